The summed E-state index contributed by atoms with van der Waals surface area (Å²) >= 11 is 0. The van der Waals surface area contributed by atoms with Crippen LogP contribution in [0.15, 0.2) is 125 Å². The number of carbonyl (C=O) groups is 1. The third-order valence-electron chi connectivity index (χ3n) is 10.2. The Balaban J connectivity index is 1.17. The van der Waals surface area contributed by atoms with Crippen molar-refractivity contribution in [1.29, 1.82) is 0 Å². The van der Waals surface area contributed by atoms with Gasteiger partial charge in [-0.1, -0.05) is 120 Å². The van der Waals surface area contributed by atoms with E-state index < -0.39 is 0 Å². The number of unbranched alkanes of at least 4 members (excludes halogenated alkanes) is 1. The van der Waals surface area contributed by atoms with Gasteiger partial charge >= 0.3 is 0 Å². The van der Waals surface area contributed by atoms with Gasteiger partial charge in [-0.2, -0.15) is 0 Å². The molecule has 1 aromatic heterocycles. The number of allylic oxidation sites excluding steroid dienone is 4. The van der Waals surface area contributed by atoms with E-state index in [9.17, 15) is 4.79 Å². The third-order valence-corrected chi connectivity index (χ3v) is 10.2. The first-order chi connectivity index (χ1) is 24.0. The van der Waals surface area contributed by atoms with Crippen molar-refractivity contribution < 1.29 is 4.79 Å². The molecular formula is C46H50N2O. The molecule has 0 amide bonds. The summed E-state index contributed by atoms with van der Waals surface area (Å²) in [6.07, 6.45) is 19.9. The van der Waals surface area contributed by atoms with Gasteiger partial charge in [-0.3, -0.25) is 14.8 Å². The molecule has 3 nitrogen and oxygen atoms in total. The van der Waals surface area contributed by atoms with Gasteiger partial charge in [0.2, 0.25) is 0 Å². The number of hydrogen-bond acceptors (Lipinski definition) is 3. The lowest BCUT2D eigenvalue weighted by atomic mass is 9.87. The summed E-state index contributed by atoms with van der Waals surface area (Å²) in [7, 11) is 0. The standard InChI is InChI=1S/C46H50N2O/c1-4-6-11-33(3)12-7-13-34-17-19-35(20-18-34)21-26-40-27-28-41-38(10-5-2)31-46(49)44(30-39(41)32-48-40)37-24-22-36(23-25-37)42-14-8-16-45-43(42)15-9-29-47-45/h8-9,14-20,22-25,27,29-30,32-33,38H,4-7,10-13,21,26,31H2,1-3H3. The fraction of sp³-hybridized carbons (Fsp3) is 0.348. The number of pyridine rings is 1. The number of benzene rings is 3. The average molecular weight is 647 g/mol. The van der Waals surface area contributed by atoms with Crippen LogP contribution in [0.1, 0.15) is 95.2 Å². The Morgan fingerprint density at radius 3 is 2.35 bits per heavy atom. The van der Waals surface area contributed by atoms with Gasteiger partial charge < -0.3 is 0 Å². The van der Waals surface area contributed by atoms with E-state index in [1.54, 1.807) is 0 Å². The Labute approximate surface area is 293 Å². The number of carbonyl (C=O) groups excluding carboxylic acids is 1. The van der Waals surface area contributed by atoms with Crippen LogP contribution in [0.4, 0.5) is 0 Å². The van der Waals surface area contributed by atoms with Crippen LogP contribution in [-0.4, -0.2) is 16.5 Å². The van der Waals surface area contributed by atoms with Gasteiger partial charge in [-0.15, -0.1) is 5.73 Å². The highest BCUT2D eigenvalue weighted by atomic mass is 16.1. The fourth-order valence-electron chi connectivity index (χ4n) is 7.30. The van der Waals surface area contributed by atoms with Gasteiger partial charge in [0.15, 0.2) is 5.78 Å². The highest BCUT2D eigenvalue weighted by Crippen LogP contribution is 2.37. The topological polar surface area (TPSA) is 42.3 Å². The van der Waals surface area contributed by atoms with Crippen molar-refractivity contribution in [3.8, 4) is 11.1 Å². The van der Waals surface area contributed by atoms with E-state index in [0.717, 1.165) is 88.0 Å². The molecule has 3 aromatic carbocycles. The molecule has 0 saturated carbocycles. The molecule has 2 heterocycles. The maximum Gasteiger partial charge on any atom is 0.164 e. The second-order valence-corrected chi connectivity index (χ2v) is 14.0. The number of fused-ring (bicyclic) bond motifs is 2. The van der Waals surface area contributed by atoms with Crippen molar-refractivity contribution >= 4 is 28.0 Å². The van der Waals surface area contributed by atoms with E-state index >= 15 is 0 Å². The monoisotopic (exact) mass is 646 g/mol. The number of aryl methyl sites for hydroxylation is 2. The molecule has 3 heteroatoms. The predicted octanol–water partition coefficient (Wildman–Crippen LogP) is 11.9. The fourth-order valence-corrected chi connectivity index (χ4v) is 7.30. The van der Waals surface area contributed by atoms with E-state index in [2.05, 4.69) is 104 Å². The number of hydrogen-bond donors (Lipinski definition) is 0. The van der Waals surface area contributed by atoms with Gasteiger partial charge in [-0.05, 0) is 90.0 Å². The summed E-state index contributed by atoms with van der Waals surface area (Å²) in [5.41, 5.74) is 14.5. The smallest absolute Gasteiger partial charge is 0.164 e. The number of aromatic nitrogens is 1. The van der Waals surface area contributed by atoms with Crippen LogP contribution < -0.4 is 0 Å². The summed E-state index contributed by atoms with van der Waals surface area (Å²) in [5, 5.41) is 1.12. The number of aliphatic imine (C=N–C) groups is 1. The summed E-state index contributed by atoms with van der Waals surface area (Å²) in [5.74, 6) is 1.15. The van der Waals surface area contributed by atoms with Crippen LogP contribution in [0.5, 0.6) is 0 Å². The molecule has 0 radical (unpaired) electrons. The number of Topliss-reactive ketones (excluding diaryl/α,β-unsaturated/α-hetero) is 1. The van der Waals surface area contributed by atoms with Crippen molar-refractivity contribution in [2.75, 3.05) is 0 Å². The maximum absolute atomic E-state index is 13.7. The van der Waals surface area contributed by atoms with Crippen LogP contribution in [0.3, 0.4) is 0 Å². The largest absolute Gasteiger partial charge is 0.294 e. The van der Waals surface area contributed by atoms with Gasteiger partial charge in [0, 0.05) is 52.7 Å². The Morgan fingerprint density at radius 2 is 1.57 bits per heavy atom. The van der Waals surface area contributed by atoms with Gasteiger partial charge in [0.1, 0.15) is 0 Å². The lowest BCUT2D eigenvalue weighted by Crippen LogP contribution is -2.09. The number of rotatable bonds is 14. The molecule has 0 spiro atoms. The van der Waals surface area contributed by atoms with E-state index in [4.69, 9.17) is 4.99 Å². The number of nitrogens with zero attached hydrogens (tertiary/aromatic N) is 2. The first-order valence-electron chi connectivity index (χ1n) is 18.5. The SMILES string of the molecule is CCCCC(C)CCCc1ccc(CCC2=NC=C3C=C(c4ccc(-c5cccc6ncccc56)cc4)C(=O)CC(CCC)C3=C=C2)cc1. The Kier molecular flexibility index (Phi) is 11.7. The number of ketones is 1. The van der Waals surface area contributed by atoms with Crippen molar-refractivity contribution in [2.45, 2.75) is 91.4 Å². The van der Waals surface area contributed by atoms with Gasteiger partial charge in [-0.25, -0.2) is 0 Å². The zero-order valence-corrected chi connectivity index (χ0v) is 29.6. The quantitative estimate of drug-likeness (QED) is 0.128. The molecule has 1 aliphatic heterocycles. The predicted molar refractivity (Wildman–Crippen MR) is 207 cm³/mol. The minimum absolute atomic E-state index is 0.132. The highest BCUT2D eigenvalue weighted by molar-refractivity contribution is 6.22. The molecule has 0 saturated heterocycles. The second-order valence-electron chi connectivity index (χ2n) is 14.0. The van der Waals surface area contributed by atoms with Gasteiger partial charge in [0.25, 0.3) is 0 Å². The Bertz CT molecular complexity index is 1910. The van der Waals surface area contributed by atoms with Crippen LogP contribution in [0.25, 0.3) is 27.6 Å². The van der Waals surface area contributed by atoms with Crippen LogP contribution in [0.2, 0.25) is 0 Å². The van der Waals surface area contributed by atoms with Crippen molar-refractivity contribution in [1.82, 2.24) is 4.98 Å². The summed E-state index contributed by atoms with van der Waals surface area (Å²) in [6, 6.07) is 27.9. The Morgan fingerprint density at radius 1 is 0.816 bits per heavy atom. The minimum Gasteiger partial charge on any atom is -0.294 e. The first-order valence-corrected chi connectivity index (χ1v) is 18.5. The zero-order chi connectivity index (χ0) is 34.0. The lowest BCUT2D eigenvalue weighted by Gasteiger charge is -2.15. The van der Waals surface area contributed by atoms with E-state index in [1.807, 2.05) is 30.6 Å². The summed E-state index contributed by atoms with van der Waals surface area (Å²) < 4.78 is 0. The van der Waals surface area contributed by atoms with Crippen molar-refractivity contribution in [3.05, 3.63) is 137 Å². The van der Waals surface area contributed by atoms with Crippen LogP contribution in [-0.2, 0) is 17.6 Å². The second kappa shape index (κ2) is 16.7. The van der Waals surface area contributed by atoms with Crippen molar-refractivity contribution in [2.24, 2.45) is 16.8 Å². The van der Waals surface area contributed by atoms with Gasteiger partial charge in [0.05, 0.1) is 5.52 Å². The Hall–Kier alpha value is -4.59. The molecular weight excluding hydrogens is 597 g/mol. The zero-order valence-electron chi connectivity index (χ0n) is 29.6. The molecule has 1 aliphatic carbocycles. The molecule has 0 bridgehead atoms. The first kappa shape index (κ1) is 34.3. The van der Waals surface area contributed by atoms with E-state index in [-0.39, 0.29) is 11.7 Å². The third kappa shape index (κ3) is 8.72. The van der Waals surface area contributed by atoms with E-state index in [0.29, 0.717) is 6.42 Å². The van der Waals surface area contributed by atoms with Crippen LogP contribution in [0, 0.1) is 11.8 Å². The molecule has 6 rings (SSSR count). The molecule has 0 fully saturated rings. The normalized spacial score (nSPS) is 16.6. The molecule has 4 aromatic rings. The van der Waals surface area contributed by atoms with Crippen LogP contribution >= 0.6 is 0 Å². The molecule has 2 aliphatic rings. The average Bonchev–Trinajstić information content (AvgIpc) is 3.41. The van der Waals surface area contributed by atoms with E-state index in [1.165, 1.54) is 43.2 Å². The van der Waals surface area contributed by atoms with Crippen molar-refractivity contribution in [3.63, 3.8) is 0 Å². The lowest BCUT2D eigenvalue weighted by molar-refractivity contribution is -0.114. The highest BCUT2D eigenvalue weighted by Gasteiger charge is 2.27. The molecule has 250 valence electrons. The molecule has 0 N–H and O–H groups in total. The molecule has 2 atom stereocenters. The molecule has 49 heavy (non-hydrogen) atoms. The maximum atomic E-state index is 13.7. The molecule has 2 unspecified atom stereocenters. The summed E-state index contributed by atoms with van der Waals surface area (Å²) in [4.78, 5) is 23.2. The summed E-state index contributed by atoms with van der Waals surface area (Å²) in [6.45, 7) is 6.87. The minimum atomic E-state index is 0.132.